The second kappa shape index (κ2) is 10.2. The molecule has 0 heterocycles. The van der Waals surface area contributed by atoms with Crippen LogP contribution in [0.5, 0.6) is 11.5 Å². The normalized spacial score (nSPS) is 17.0. The Balaban J connectivity index is 2.30. The molecule has 1 unspecified atom stereocenters. The Morgan fingerprint density at radius 2 is 1.62 bits per heavy atom. The highest BCUT2D eigenvalue weighted by molar-refractivity contribution is 7.81. The number of benzene rings is 1. The average Bonchev–Trinajstić information content (AvgIpc) is 3.21. The first-order chi connectivity index (χ1) is 12.6. The zero-order valence-corrected chi connectivity index (χ0v) is 17.4. The van der Waals surface area contributed by atoms with Crippen molar-refractivity contribution >= 4 is 12.7 Å². The van der Waals surface area contributed by atoms with Crippen LogP contribution in [0.2, 0.25) is 0 Å². The fourth-order valence-electron chi connectivity index (χ4n) is 3.97. The van der Waals surface area contributed by atoms with Gasteiger partial charge in [-0.15, -0.1) is 0 Å². The number of carbonyl (C=O) groups excluding carboxylic acids is 1. The van der Waals surface area contributed by atoms with E-state index in [-0.39, 0.29) is 11.2 Å². The molecule has 5 heteroatoms. The molecule has 0 amide bonds. The van der Waals surface area contributed by atoms with Crippen molar-refractivity contribution in [1.82, 2.24) is 0 Å². The number of methoxy groups -OCH3 is 2. The van der Waals surface area contributed by atoms with Gasteiger partial charge in [0.05, 0.1) is 14.2 Å². The molecule has 0 saturated heterocycles. The number of rotatable bonds is 11. The van der Waals surface area contributed by atoms with Gasteiger partial charge in [-0.25, -0.2) is 0 Å². The van der Waals surface area contributed by atoms with Crippen LogP contribution in [0.3, 0.4) is 0 Å². The molecule has 0 N–H and O–H groups in total. The summed E-state index contributed by atoms with van der Waals surface area (Å²) in [4.78, 5) is 13.5. The topological polar surface area (TPSA) is 52.6 Å². The van der Waals surface area contributed by atoms with Crippen molar-refractivity contribution in [3.63, 3.8) is 0 Å². The molecule has 0 aromatic heterocycles. The zero-order chi connectivity index (χ0) is 19.0. The molecule has 1 aromatic carbocycles. The fourth-order valence-corrected chi connectivity index (χ4v) is 7.36. The molecule has 0 spiro atoms. The van der Waals surface area contributed by atoms with Crippen molar-refractivity contribution in [2.75, 3.05) is 20.4 Å². The SMILES string of the molecule is CCCCCCCP(=O)(C(=O)c1c(OC)cccc1OC)C1CCCC1. The van der Waals surface area contributed by atoms with Crippen LogP contribution in [-0.4, -0.2) is 31.6 Å². The molecule has 1 fully saturated rings. The summed E-state index contributed by atoms with van der Waals surface area (Å²) in [5.74, 6) is 0.914. The molecule has 1 saturated carbocycles. The van der Waals surface area contributed by atoms with Gasteiger partial charge in [0, 0.05) is 11.8 Å². The predicted molar refractivity (Wildman–Crippen MR) is 107 cm³/mol. The van der Waals surface area contributed by atoms with Gasteiger partial charge in [-0.05, 0) is 31.4 Å². The Morgan fingerprint density at radius 3 is 2.15 bits per heavy atom. The lowest BCUT2D eigenvalue weighted by atomic mass is 10.2. The smallest absolute Gasteiger partial charge is 0.229 e. The van der Waals surface area contributed by atoms with Gasteiger partial charge in [0.2, 0.25) is 5.52 Å². The molecular formula is C21H33O4P. The van der Waals surface area contributed by atoms with E-state index in [2.05, 4.69) is 6.92 Å². The van der Waals surface area contributed by atoms with Crippen LogP contribution in [0.1, 0.15) is 75.1 Å². The first-order valence-electron chi connectivity index (χ1n) is 9.93. The quantitative estimate of drug-likeness (QED) is 0.343. The molecule has 1 aliphatic rings. The van der Waals surface area contributed by atoms with Crippen LogP contribution in [0.4, 0.5) is 0 Å². The van der Waals surface area contributed by atoms with Crippen LogP contribution in [-0.2, 0) is 4.57 Å². The Labute approximate surface area is 158 Å². The molecule has 1 aromatic rings. The molecule has 146 valence electrons. The number of ether oxygens (including phenoxy) is 2. The molecule has 0 aliphatic heterocycles. The second-order valence-electron chi connectivity index (χ2n) is 7.21. The highest BCUT2D eigenvalue weighted by Crippen LogP contribution is 2.60. The number of carbonyl (C=O) groups is 1. The van der Waals surface area contributed by atoms with E-state index in [1.165, 1.54) is 27.1 Å². The van der Waals surface area contributed by atoms with Crippen LogP contribution in [0.25, 0.3) is 0 Å². The highest BCUT2D eigenvalue weighted by atomic mass is 31.2. The Morgan fingerprint density at radius 1 is 1.04 bits per heavy atom. The first kappa shape index (κ1) is 21.0. The minimum absolute atomic E-state index is 0.0239. The van der Waals surface area contributed by atoms with E-state index in [0.717, 1.165) is 44.9 Å². The van der Waals surface area contributed by atoms with Crippen molar-refractivity contribution in [3.05, 3.63) is 23.8 Å². The Kier molecular flexibility index (Phi) is 8.21. The maximum absolute atomic E-state index is 14.0. The molecular weight excluding hydrogens is 347 g/mol. The monoisotopic (exact) mass is 380 g/mol. The lowest BCUT2D eigenvalue weighted by Crippen LogP contribution is -2.17. The summed E-state index contributed by atoms with van der Waals surface area (Å²) in [6.45, 7) is 2.18. The van der Waals surface area contributed by atoms with Gasteiger partial charge in [-0.1, -0.05) is 51.5 Å². The molecule has 0 bridgehead atoms. The molecule has 4 nitrogen and oxygen atoms in total. The van der Waals surface area contributed by atoms with Crippen molar-refractivity contribution < 1.29 is 18.8 Å². The standard InChI is InChI=1S/C21H33O4P/c1-4-5-6-7-10-16-26(23,17-12-8-9-13-17)21(22)20-18(24-2)14-11-15-19(20)25-3/h11,14-15,17H,4-10,12-13,16H2,1-3H3. The van der Waals surface area contributed by atoms with Gasteiger partial charge < -0.3 is 14.0 Å². The minimum Gasteiger partial charge on any atom is -0.496 e. The summed E-state index contributed by atoms with van der Waals surface area (Å²) in [6, 6.07) is 5.28. The van der Waals surface area contributed by atoms with Crippen molar-refractivity contribution in [2.45, 2.75) is 70.4 Å². The van der Waals surface area contributed by atoms with Crippen molar-refractivity contribution in [1.29, 1.82) is 0 Å². The third-order valence-corrected chi connectivity index (χ3v) is 9.08. The van der Waals surface area contributed by atoms with E-state index >= 15 is 0 Å². The van der Waals surface area contributed by atoms with Gasteiger partial charge in [-0.3, -0.25) is 4.79 Å². The third kappa shape index (κ3) is 4.71. The second-order valence-corrected chi connectivity index (χ2v) is 10.4. The van der Waals surface area contributed by atoms with Gasteiger partial charge in [-0.2, -0.15) is 0 Å². The average molecular weight is 380 g/mol. The largest absolute Gasteiger partial charge is 0.496 e. The van der Waals surface area contributed by atoms with E-state index < -0.39 is 7.14 Å². The molecule has 0 radical (unpaired) electrons. The first-order valence-corrected chi connectivity index (χ1v) is 11.9. The summed E-state index contributed by atoms with van der Waals surface area (Å²) in [7, 11) is 0.0693. The maximum atomic E-state index is 14.0. The third-order valence-electron chi connectivity index (χ3n) is 5.49. The summed E-state index contributed by atoms with van der Waals surface area (Å²) in [5, 5.41) is 0. The molecule has 26 heavy (non-hydrogen) atoms. The van der Waals surface area contributed by atoms with Gasteiger partial charge in [0.25, 0.3) is 0 Å². The molecule has 2 rings (SSSR count). The fraction of sp³-hybridized carbons (Fsp3) is 0.667. The Hall–Kier alpha value is -1.28. The van der Waals surface area contributed by atoms with Crippen LogP contribution in [0.15, 0.2) is 18.2 Å². The van der Waals surface area contributed by atoms with Crippen molar-refractivity contribution in [3.8, 4) is 11.5 Å². The molecule has 1 atom stereocenters. The molecule has 1 aliphatic carbocycles. The summed E-state index contributed by atoms with van der Waals surface area (Å²) >= 11 is 0. The van der Waals surface area contributed by atoms with Gasteiger partial charge in [0.1, 0.15) is 17.1 Å². The van der Waals surface area contributed by atoms with E-state index in [4.69, 9.17) is 9.47 Å². The van der Waals surface area contributed by atoms with E-state index in [9.17, 15) is 9.36 Å². The van der Waals surface area contributed by atoms with E-state index in [1.54, 1.807) is 18.2 Å². The predicted octanol–water partition coefficient (Wildman–Crippen LogP) is 6.12. The van der Waals surface area contributed by atoms with Crippen LogP contribution >= 0.6 is 7.14 Å². The van der Waals surface area contributed by atoms with Gasteiger partial charge >= 0.3 is 0 Å². The van der Waals surface area contributed by atoms with Crippen molar-refractivity contribution in [2.24, 2.45) is 0 Å². The number of hydrogen-bond acceptors (Lipinski definition) is 4. The number of unbranched alkanes of at least 4 members (excludes halogenated alkanes) is 4. The highest BCUT2D eigenvalue weighted by Gasteiger charge is 2.43. The Bertz CT molecular complexity index is 613. The lowest BCUT2D eigenvalue weighted by Gasteiger charge is -2.25. The van der Waals surface area contributed by atoms with Gasteiger partial charge in [0.15, 0.2) is 7.14 Å². The lowest BCUT2D eigenvalue weighted by molar-refractivity contribution is 0.106. The van der Waals surface area contributed by atoms with E-state index in [0.29, 0.717) is 23.2 Å². The van der Waals surface area contributed by atoms with E-state index in [1.807, 2.05) is 0 Å². The summed E-state index contributed by atoms with van der Waals surface area (Å²) in [5.41, 5.74) is 0.145. The van der Waals surface area contributed by atoms with Crippen LogP contribution < -0.4 is 9.47 Å². The van der Waals surface area contributed by atoms with Crippen LogP contribution in [0, 0.1) is 0 Å². The minimum atomic E-state index is -3.01. The zero-order valence-electron chi connectivity index (χ0n) is 16.5. The number of hydrogen-bond donors (Lipinski definition) is 0. The summed E-state index contributed by atoms with van der Waals surface area (Å²) < 4.78 is 24.8. The maximum Gasteiger partial charge on any atom is 0.229 e. The summed E-state index contributed by atoms with van der Waals surface area (Å²) in [6.07, 6.45) is 9.87.